The lowest BCUT2D eigenvalue weighted by Gasteiger charge is -2.07. The number of hydrogen-bond acceptors (Lipinski definition) is 1. The maximum Gasteiger partial charge on any atom is 0.106 e. The Hall–Kier alpha value is -0.790. The molecule has 0 unspecified atom stereocenters. The van der Waals surface area contributed by atoms with E-state index < -0.39 is 0 Å². The molecule has 0 atom stereocenters. The molecule has 1 aromatic heterocycles. The van der Waals surface area contributed by atoms with E-state index in [1.54, 1.807) is 0 Å². The number of rotatable bonds is 2. The van der Waals surface area contributed by atoms with Crippen LogP contribution in [0, 0.1) is 6.92 Å². The predicted molar refractivity (Wildman–Crippen MR) is 51.4 cm³/mol. The van der Waals surface area contributed by atoms with Crippen molar-refractivity contribution >= 4 is 0 Å². The van der Waals surface area contributed by atoms with Crippen LogP contribution in [0.1, 0.15) is 51.2 Å². The third-order valence-corrected chi connectivity index (χ3v) is 2.08. The minimum Gasteiger partial charge on any atom is -0.332 e. The number of aromatic nitrogens is 2. The number of imidazole rings is 1. The Balaban J connectivity index is 3.00. The molecule has 0 spiro atoms. The molecule has 0 aliphatic rings. The summed E-state index contributed by atoms with van der Waals surface area (Å²) in [5.74, 6) is 1.65. The zero-order valence-electron chi connectivity index (χ0n) is 8.63. The van der Waals surface area contributed by atoms with Gasteiger partial charge in [0.05, 0.1) is 5.69 Å². The highest BCUT2D eigenvalue weighted by Crippen LogP contribution is 2.16. The van der Waals surface area contributed by atoms with Crippen molar-refractivity contribution < 1.29 is 0 Å². The molecule has 1 heterocycles. The first-order valence-electron chi connectivity index (χ1n) is 4.57. The standard InChI is InChI=1S/C10H18N2/c1-7(2)10-6-12(8(3)4)9(5)11-10/h6-8H,1-5H3. The van der Waals surface area contributed by atoms with Crippen LogP contribution in [0.25, 0.3) is 0 Å². The summed E-state index contributed by atoms with van der Waals surface area (Å²) in [6.45, 7) is 10.8. The second-order valence-electron chi connectivity index (χ2n) is 3.87. The quantitative estimate of drug-likeness (QED) is 0.660. The first kappa shape index (κ1) is 9.30. The van der Waals surface area contributed by atoms with Gasteiger partial charge in [-0.05, 0) is 26.7 Å². The fourth-order valence-electron chi connectivity index (χ4n) is 1.31. The molecular weight excluding hydrogens is 148 g/mol. The Bertz CT molecular complexity index is 259. The Morgan fingerprint density at radius 2 is 1.83 bits per heavy atom. The van der Waals surface area contributed by atoms with Crippen molar-refractivity contribution in [3.8, 4) is 0 Å². The van der Waals surface area contributed by atoms with E-state index in [0.717, 1.165) is 5.82 Å². The first-order chi connectivity index (χ1) is 5.52. The molecule has 1 aromatic rings. The summed E-state index contributed by atoms with van der Waals surface area (Å²) in [6.07, 6.45) is 2.16. The van der Waals surface area contributed by atoms with Crippen LogP contribution in [0.4, 0.5) is 0 Å². The van der Waals surface area contributed by atoms with E-state index in [0.29, 0.717) is 12.0 Å². The molecule has 0 amide bonds. The molecule has 0 saturated heterocycles. The second-order valence-corrected chi connectivity index (χ2v) is 3.87. The topological polar surface area (TPSA) is 17.8 Å². The zero-order chi connectivity index (χ0) is 9.30. The van der Waals surface area contributed by atoms with Crippen molar-refractivity contribution in [3.05, 3.63) is 17.7 Å². The Morgan fingerprint density at radius 3 is 2.08 bits per heavy atom. The van der Waals surface area contributed by atoms with E-state index in [-0.39, 0.29) is 0 Å². The second kappa shape index (κ2) is 3.30. The molecule has 0 radical (unpaired) electrons. The van der Waals surface area contributed by atoms with Gasteiger partial charge in [-0.25, -0.2) is 4.98 Å². The lowest BCUT2D eigenvalue weighted by atomic mass is 10.2. The van der Waals surface area contributed by atoms with Gasteiger partial charge in [0.1, 0.15) is 5.82 Å². The van der Waals surface area contributed by atoms with Crippen LogP contribution in [-0.4, -0.2) is 9.55 Å². The van der Waals surface area contributed by atoms with E-state index >= 15 is 0 Å². The van der Waals surface area contributed by atoms with Gasteiger partial charge in [0.25, 0.3) is 0 Å². The average molecular weight is 166 g/mol. The molecule has 68 valence electrons. The summed E-state index contributed by atoms with van der Waals surface area (Å²) in [7, 11) is 0. The number of nitrogens with zero attached hydrogens (tertiary/aromatic N) is 2. The molecule has 0 bridgehead atoms. The largest absolute Gasteiger partial charge is 0.332 e. The highest BCUT2D eigenvalue weighted by atomic mass is 15.1. The smallest absolute Gasteiger partial charge is 0.106 e. The zero-order valence-corrected chi connectivity index (χ0v) is 8.63. The minimum atomic E-state index is 0.519. The first-order valence-corrected chi connectivity index (χ1v) is 4.57. The molecule has 0 saturated carbocycles. The third kappa shape index (κ3) is 1.68. The van der Waals surface area contributed by atoms with Crippen LogP contribution in [-0.2, 0) is 0 Å². The van der Waals surface area contributed by atoms with Gasteiger partial charge in [-0.15, -0.1) is 0 Å². The highest BCUT2D eigenvalue weighted by molar-refractivity contribution is 5.07. The van der Waals surface area contributed by atoms with Gasteiger partial charge in [0, 0.05) is 12.2 Å². The molecule has 2 heteroatoms. The monoisotopic (exact) mass is 166 g/mol. The average Bonchev–Trinajstić information content (AvgIpc) is 2.30. The molecule has 0 N–H and O–H groups in total. The Morgan fingerprint density at radius 1 is 1.25 bits per heavy atom. The minimum absolute atomic E-state index is 0.519. The van der Waals surface area contributed by atoms with Crippen molar-refractivity contribution in [2.24, 2.45) is 0 Å². The van der Waals surface area contributed by atoms with Gasteiger partial charge in [0.15, 0.2) is 0 Å². The van der Waals surface area contributed by atoms with Gasteiger partial charge in [-0.3, -0.25) is 0 Å². The number of aryl methyl sites for hydroxylation is 1. The van der Waals surface area contributed by atoms with Gasteiger partial charge >= 0.3 is 0 Å². The van der Waals surface area contributed by atoms with E-state index in [4.69, 9.17) is 0 Å². The van der Waals surface area contributed by atoms with Gasteiger partial charge in [-0.2, -0.15) is 0 Å². The molecule has 0 aromatic carbocycles. The van der Waals surface area contributed by atoms with Gasteiger partial charge < -0.3 is 4.57 Å². The molecule has 12 heavy (non-hydrogen) atoms. The van der Waals surface area contributed by atoms with E-state index in [1.165, 1.54) is 5.69 Å². The molecule has 0 fully saturated rings. The summed E-state index contributed by atoms with van der Waals surface area (Å²) < 4.78 is 2.22. The van der Waals surface area contributed by atoms with Crippen molar-refractivity contribution in [2.45, 2.75) is 46.6 Å². The summed E-state index contributed by atoms with van der Waals surface area (Å²) >= 11 is 0. The lowest BCUT2D eigenvalue weighted by Crippen LogP contribution is -2.00. The third-order valence-electron chi connectivity index (χ3n) is 2.08. The summed E-state index contributed by atoms with van der Waals surface area (Å²) in [4.78, 5) is 4.49. The lowest BCUT2D eigenvalue weighted by molar-refractivity contribution is 0.582. The maximum atomic E-state index is 4.49. The van der Waals surface area contributed by atoms with Crippen LogP contribution in [0.15, 0.2) is 6.20 Å². The van der Waals surface area contributed by atoms with E-state index in [9.17, 15) is 0 Å². The maximum absolute atomic E-state index is 4.49. The van der Waals surface area contributed by atoms with Crippen LogP contribution >= 0.6 is 0 Å². The molecule has 1 rings (SSSR count). The van der Waals surface area contributed by atoms with Crippen molar-refractivity contribution in [1.29, 1.82) is 0 Å². The molecule has 0 aliphatic carbocycles. The van der Waals surface area contributed by atoms with E-state index in [2.05, 4.69) is 50.4 Å². The van der Waals surface area contributed by atoms with Crippen molar-refractivity contribution in [1.82, 2.24) is 9.55 Å². The van der Waals surface area contributed by atoms with Gasteiger partial charge in [0.2, 0.25) is 0 Å². The molecule has 0 aliphatic heterocycles. The van der Waals surface area contributed by atoms with Gasteiger partial charge in [-0.1, -0.05) is 13.8 Å². The normalized spacial score (nSPS) is 11.6. The van der Waals surface area contributed by atoms with E-state index in [1.807, 2.05) is 0 Å². The van der Waals surface area contributed by atoms with Crippen LogP contribution in [0.3, 0.4) is 0 Å². The fourth-order valence-corrected chi connectivity index (χ4v) is 1.31. The van der Waals surface area contributed by atoms with Crippen molar-refractivity contribution in [3.63, 3.8) is 0 Å². The van der Waals surface area contributed by atoms with Crippen LogP contribution in [0.5, 0.6) is 0 Å². The van der Waals surface area contributed by atoms with Crippen molar-refractivity contribution in [2.75, 3.05) is 0 Å². The fraction of sp³-hybridized carbons (Fsp3) is 0.700. The summed E-state index contributed by atoms with van der Waals surface area (Å²) in [5, 5.41) is 0. The Labute approximate surface area is 74.6 Å². The Kier molecular flexibility index (Phi) is 2.55. The predicted octanol–water partition coefficient (Wildman–Crippen LogP) is 2.90. The van der Waals surface area contributed by atoms with Crippen LogP contribution < -0.4 is 0 Å². The summed E-state index contributed by atoms with van der Waals surface area (Å²) in [6, 6.07) is 0.519. The molecule has 2 nitrogen and oxygen atoms in total. The SMILES string of the molecule is Cc1nc(C(C)C)cn1C(C)C. The summed E-state index contributed by atoms with van der Waals surface area (Å²) in [5.41, 5.74) is 1.20. The molecular formula is C10H18N2. The highest BCUT2D eigenvalue weighted by Gasteiger charge is 2.08. The number of hydrogen-bond donors (Lipinski definition) is 0. The van der Waals surface area contributed by atoms with Crippen LogP contribution in [0.2, 0.25) is 0 Å².